The molecule has 0 saturated carbocycles. The van der Waals surface area contributed by atoms with E-state index in [0.717, 1.165) is 30.7 Å². The zero-order chi connectivity index (χ0) is 28.5. The maximum Gasteiger partial charge on any atom is 0.230 e. The lowest BCUT2D eigenvalue weighted by atomic mass is 9.90. The average Bonchev–Trinajstić information content (AvgIpc) is 3.43. The Kier molecular flexibility index (Phi) is 15.6. The number of ether oxygens (including phenoxy) is 1. The van der Waals surface area contributed by atoms with Crippen LogP contribution in [0.5, 0.6) is 0 Å². The van der Waals surface area contributed by atoms with Crippen molar-refractivity contribution >= 4 is 11.4 Å². The molecule has 38 heavy (non-hydrogen) atoms. The molecule has 0 aliphatic rings. The monoisotopic (exact) mass is 520 g/mol. The molecule has 0 aliphatic carbocycles. The summed E-state index contributed by atoms with van der Waals surface area (Å²) in [6.45, 7) is 14.5. The van der Waals surface area contributed by atoms with Crippen molar-refractivity contribution in [3.05, 3.63) is 77.7 Å². The molecule has 0 radical (unpaired) electrons. The molecule has 3 aromatic rings. The summed E-state index contributed by atoms with van der Waals surface area (Å²) in [6, 6.07) is 18.5. The molecule has 208 valence electrons. The fourth-order valence-electron chi connectivity index (χ4n) is 3.77. The minimum Gasteiger partial charge on any atom is -0.388 e. The smallest absolute Gasteiger partial charge is 0.230 e. The maximum absolute atomic E-state index is 6.28. The second-order valence-corrected chi connectivity index (χ2v) is 9.71. The SMILES string of the molecule is C/C=C(\C)c1ccc(-c2noc(C(CCC)C[C@H](C)CC)n2)cc1.CC(=N)N.COC(C)c1ccccc1. The summed E-state index contributed by atoms with van der Waals surface area (Å²) in [5.41, 5.74) is 9.43. The number of rotatable bonds is 10. The summed E-state index contributed by atoms with van der Waals surface area (Å²) >= 11 is 0. The molecular weight excluding hydrogens is 472 g/mol. The van der Waals surface area contributed by atoms with Gasteiger partial charge in [-0.15, -0.1) is 0 Å². The average molecular weight is 521 g/mol. The van der Waals surface area contributed by atoms with Gasteiger partial charge in [-0.25, -0.2) is 0 Å². The Hall–Kier alpha value is -3.25. The summed E-state index contributed by atoms with van der Waals surface area (Å²) in [6.07, 6.45) is 6.87. The molecule has 0 spiro atoms. The predicted molar refractivity (Wildman–Crippen MR) is 160 cm³/mol. The first-order valence-corrected chi connectivity index (χ1v) is 13.6. The molecule has 1 heterocycles. The van der Waals surface area contributed by atoms with Gasteiger partial charge in [-0.1, -0.05) is 99.4 Å². The third kappa shape index (κ3) is 11.9. The second kappa shape index (κ2) is 18.1. The zero-order valence-corrected chi connectivity index (χ0v) is 24.6. The molecule has 3 rings (SSSR count). The Labute approximate surface area is 230 Å². The van der Waals surface area contributed by atoms with Crippen molar-refractivity contribution < 1.29 is 9.26 Å². The summed E-state index contributed by atoms with van der Waals surface area (Å²) in [5.74, 6) is 2.71. The number of hydrogen-bond donors (Lipinski definition) is 2. The van der Waals surface area contributed by atoms with Gasteiger partial charge in [-0.2, -0.15) is 4.98 Å². The fourth-order valence-corrected chi connectivity index (χ4v) is 3.77. The van der Waals surface area contributed by atoms with Crippen LogP contribution < -0.4 is 5.73 Å². The normalized spacial score (nSPS) is 13.3. The van der Waals surface area contributed by atoms with Crippen LogP contribution in [-0.2, 0) is 4.74 Å². The van der Waals surface area contributed by atoms with Gasteiger partial charge in [0.1, 0.15) is 0 Å². The highest BCUT2D eigenvalue weighted by atomic mass is 16.5. The summed E-state index contributed by atoms with van der Waals surface area (Å²) < 4.78 is 10.7. The highest BCUT2D eigenvalue weighted by Gasteiger charge is 2.21. The van der Waals surface area contributed by atoms with E-state index in [1.54, 1.807) is 7.11 Å². The molecule has 6 heteroatoms. The molecule has 0 saturated heterocycles. The van der Waals surface area contributed by atoms with Gasteiger partial charge in [-0.05, 0) is 63.2 Å². The first-order valence-electron chi connectivity index (χ1n) is 13.6. The van der Waals surface area contributed by atoms with Crippen molar-refractivity contribution in [2.45, 2.75) is 86.2 Å². The van der Waals surface area contributed by atoms with Crippen LogP contribution in [0, 0.1) is 11.3 Å². The Morgan fingerprint density at radius 1 is 1.05 bits per heavy atom. The molecule has 0 aliphatic heterocycles. The molecule has 6 nitrogen and oxygen atoms in total. The lowest BCUT2D eigenvalue weighted by Gasteiger charge is -2.15. The molecule has 0 fully saturated rings. The van der Waals surface area contributed by atoms with Crippen LogP contribution in [0.1, 0.15) is 103 Å². The van der Waals surface area contributed by atoms with Crippen LogP contribution in [0.15, 0.2) is 65.2 Å². The fraction of sp³-hybridized carbons (Fsp3) is 0.469. The minimum atomic E-state index is 0.167. The van der Waals surface area contributed by atoms with Crippen LogP contribution in [-0.4, -0.2) is 23.1 Å². The van der Waals surface area contributed by atoms with E-state index in [0.29, 0.717) is 17.7 Å². The van der Waals surface area contributed by atoms with Gasteiger partial charge in [-0.3, -0.25) is 5.41 Å². The number of amidine groups is 1. The van der Waals surface area contributed by atoms with Gasteiger partial charge in [0.15, 0.2) is 0 Å². The molecular formula is C32H48N4O2. The quantitative estimate of drug-likeness (QED) is 0.205. The highest BCUT2D eigenvalue weighted by Crippen LogP contribution is 2.30. The number of nitrogens with one attached hydrogen (secondary N) is 1. The van der Waals surface area contributed by atoms with Crippen molar-refractivity contribution in [3.8, 4) is 11.4 Å². The summed E-state index contributed by atoms with van der Waals surface area (Å²) in [7, 11) is 1.72. The van der Waals surface area contributed by atoms with Gasteiger partial charge < -0.3 is 15.0 Å². The molecule has 2 aromatic carbocycles. The summed E-state index contributed by atoms with van der Waals surface area (Å²) in [5, 5.41) is 10.5. The Balaban J connectivity index is 0.000000424. The molecule has 0 bridgehead atoms. The highest BCUT2D eigenvalue weighted by molar-refractivity contribution is 5.73. The van der Waals surface area contributed by atoms with E-state index in [4.69, 9.17) is 20.4 Å². The minimum absolute atomic E-state index is 0.167. The van der Waals surface area contributed by atoms with Crippen molar-refractivity contribution in [1.82, 2.24) is 10.1 Å². The molecule has 1 aromatic heterocycles. The van der Waals surface area contributed by atoms with E-state index in [2.05, 4.69) is 87.2 Å². The van der Waals surface area contributed by atoms with Crippen LogP contribution in [0.4, 0.5) is 0 Å². The van der Waals surface area contributed by atoms with E-state index in [1.165, 1.54) is 30.0 Å². The van der Waals surface area contributed by atoms with Crippen LogP contribution >= 0.6 is 0 Å². The Bertz CT molecular complexity index is 1070. The predicted octanol–water partition coefficient (Wildman–Crippen LogP) is 8.82. The standard InChI is InChI=1S/C21H30N2O.C9H12O.C2H6N2/c1-6-9-19(14-15(4)7-2)21-22-20(23-24-21)18-12-10-17(11-13-18)16(5)8-3;1-8(10-2)9-6-4-3-5-7-9;1-2(3)4/h8,10-13,15,19H,6-7,9,14H2,1-5H3;3-8H,1-2H3;1H3,(H3,3,4)/b16-8+;;/t15-,19?;;/m1../s1. The van der Waals surface area contributed by atoms with Gasteiger partial charge in [0, 0.05) is 18.6 Å². The third-order valence-electron chi connectivity index (χ3n) is 6.47. The zero-order valence-electron chi connectivity index (χ0n) is 24.6. The number of nitrogens with zero attached hydrogens (tertiary/aromatic N) is 2. The molecule has 3 atom stereocenters. The maximum atomic E-state index is 6.28. The lowest BCUT2D eigenvalue weighted by Crippen LogP contribution is -2.05. The first-order chi connectivity index (χ1) is 18.2. The number of allylic oxidation sites excluding steroid dienone is 2. The van der Waals surface area contributed by atoms with E-state index in [1.807, 2.05) is 25.1 Å². The Morgan fingerprint density at radius 2 is 1.66 bits per heavy atom. The second-order valence-electron chi connectivity index (χ2n) is 9.71. The van der Waals surface area contributed by atoms with E-state index in [-0.39, 0.29) is 11.9 Å². The van der Waals surface area contributed by atoms with Gasteiger partial charge in [0.05, 0.1) is 11.9 Å². The lowest BCUT2D eigenvalue weighted by molar-refractivity contribution is 0.119. The van der Waals surface area contributed by atoms with Crippen molar-refractivity contribution in [2.24, 2.45) is 11.7 Å². The van der Waals surface area contributed by atoms with Crippen molar-refractivity contribution in [3.63, 3.8) is 0 Å². The third-order valence-corrected chi connectivity index (χ3v) is 6.47. The van der Waals surface area contributed by atoms with E-state index in [9.17, 15) is 0 Å². The van der Waals surface area contributed by atoms with Gasteiger partial charge in [0.25, 0.3) is 0 Å². The topological polar surface area (TPSA) is 98.0 Å². The molecule has 2 unspecified atom stereocenters. The van der Waals surface area contributed by atoms with Crippen molar-refractivity contribution in [1.29, 1.82) is 5.41 Å². The number of hydrogen-bond acceptors (Lipinski definition) is 5. The number of aromatic nitrogens is 2. The molecule has 3 N–H and O–H groups in total. The number of methoxy groups -OCH3 is 1. The number of benzene rings is 2. The largest absolute Gasteiger partial charge is 0.388 e. The first kappa shape index (κ1) is 32.8. The van der Waals surface area contributed by atoms with Gasteiger partial charge >= 0.3 is 0 Å². The van der Waals surface area contributed by atoms with E-state index >= 15 is 0 Å². The Morgan fingerprint density at radius 3 is 2.16 bits per heavy atom. The number of nitrogens with two attached hydrogens (primary N) is 1. The summed E-state index contributed by atoms with van der Waals surface area (Å²) in [4.78, 5) is 4.69. The van der Waals surface area contributed by atoms with Gasteiger partial charge in [0.2, 0.25) is 11.7 Å². The molecule has 0 amide bonds. The van der Waals surface area contributed by atoms with Crippen LogP contribution in [0.3, 0.4) is 0 Å². The van der Waals surface area contributed by atoms with Crippen LogP contribution in [0.25, 0.3) is 17.0 Å². The van der Waals surface area contributed by atoms with Crippen molar-refractivity contribution in [2.75, 3.05) is 7.11 Å². The van der Waals surface area contributed by atoms with E-state index < -0.39 is 0 Å². The van der Waals surface area contributed by atoms with Crippen LogP contribution in [0.2, 0.25) is 0 Å².